The average molecular weight is 439 g/mol. The SMILES string of the molecule is COc1ccc2[nH]cc(CCNC(C)=O)c2c1.[Pb]. The van der Waals surface area contributed by atoms with E-state index in [-0.39, 0.29) is 33.2 Å². The molecule has 4 nitrogen and oxygen atoms in total. The smallest absolute Gasteiger partial charge is 0.216 e. The van der Waals surface area contributed by atoms with Crippen molar-refractivity contribution in [3.8, 4) is 5.75 Å². The monoisotopic (exact) mass is 440 g/mol. The van der Waals surface area contributed by atoms with E-state index in [1.807, 2.05) is 24.4 Å². The summed E-state index contributed by atoms with van der Waals surface area (Å²) in [5.74, 6) is 0.847. The molecule has 2 aromatic rings. The van der Waals surface area contributed by atoms with Crippen LogP contribution in [-0.4, -0.2) is 51.8 Å². The summed E-state index contributed by atoms with van der Waals surface area (Å²) in [6.07, 6.45) is 2.79. The van der Waals surface area contributed by atoms with Crippen LogP contribution in [0.3, 0.4) is 0 Å². The number of amides is 1. The standard InChI is InChI=1S/C13H16N2O2.Pb/c1-9(16)14-6-5-10-8-15-13-4-3-11(17-2)7-12(10)13;/h3-4,7-8,15H,5-6H2,1-2H3,(H,14,16);. The minimum absolute atomic E-state index is 0. The fourth-order valence-corrected chi connectivity index (χ4v) is 1.86. The number of methoxy groups -OCH3 is 1. The van der Waals surface area contributed by atoms with Crippen molar-refractivity contribution in [3.63, 3.8) is 0 Å². The molecule has 0 unspecified atom stereocenters. The van der Waals surface area contributed by atoms with Crippen LogP contribution in [0, 0.1) is 0 Å². The number of carbonyl (C=O) groups excluding carboxylic acids is 1. The van der Waals surface area contributed by atoms with Crippen LogP contribution in [0.5, 0.6) is 5.75 Å². The van der Waals surface area contributed by atoms with Gasteiger partial charge in [0.15, 0.2) is 0 Å². The van der Waals surface area contributed by atoms with Crippen molar-refractivity contribution >= 4 is 44.1 Å². The first-order chi connectivity index (χ1) is 8.20. The van der Waals surface area contributed by atoms with Gasteiger partial charge in [-0.15, -0.1) is 0 Å². The molecule has 1 amide bonds. The third-order valence-corrected chi connectivity index (χ3v) is 2.74. The van der Waals surface area contributed by atoms with E-state index in [4.69, 9.17) is 4.74 Å². The molecular weight excluding hydrogens is 423 g/mol. The Hall–Kier alpha value is -1.05. The maximum atomic E-state index is 10.8. The van der Waals surface area contributed by atoms with Crippen molar-refractivity contribution in [2.75, 3.05) is 13.7 Å². The number of benzene rings is 1. The van der Waals surface area contributed by atoms with E-state index in [1.54, 1.807) is 7.11 Å². The second-order valence-corrected chi connectivity index (χ2v) is 3.96. The number of rotatable bonds is 4. The Balaban J connectivity index is 0.00000162. The third kappa shape index (κ3) is 3.47. The summed E-state index contributed by atoms with van der Waals surface area (Å²) in [5, 5.41) is 3.94. The number of hydrogen-bond acceptors (Lipinski definition) is 2. The number of aromatic amines is 1. The Labute approximate surface area is 126 Å². The molecule has 5 heteroatoms. The number of fused-ring (bicyclic) bond motifs is 1. The molecule has 0 spiro atoms. The number of carbonyl (C=O) groups is 1. The zero-order chi connectivity index (χ0) is 12.3. The number of ether oxygens (including phenoxy) is 1. The van der Waals surface area contributed by atoms with Crippen LogP contribution in [0.4, 0.5) is 0 Å². The average Bonchev–Trinajstić information content (AvgIpc) is 2.71. The molecule has 94 valence electrons. The van der Waals surface area contributed by atoms with Gasteiger partial charge in [-0.3, -0.25) is 4.79 Å². The van der Waals surface area contributed by atoms with Gasteiger partial charge in [-0.2, -0.15) is 0 Å². The summed E-state index contributed by atoms with van der Waals surface area (Å²) in [4.78, 5) is 14.0. The van der Waals surface area contributed by atoms with Crippen LogP contribution in [0.15, 0.2) is 24.4 Å². The third-order valence-electron chi connectivity index (χ3n) is 2.74. The molecule has 0 atom stereocenters. The van der Waals surface area contributed by atoms with Gasteiger partial charge < -0.3 is 15.0 Å². The molecule has 2 rings (SSSR count). The van der Waals surface area contributed by atoms with E-state index in [0.29, 0.717) is 6.54 Å². The van der Waals surface area contributed by atoms with E-state index < -0.39 is 0 Å². The fraction of sp³-hybridized carbons (Fsp3) is 0.308. The van der Waals surface area contributed by atoms with Crippen molar-refractivity contribution in [2.45, 2.75) is 13.3 Å². The molecule has 0 bridgehead atoms. The molecule has 18 heavy (non-hydrogen) atoms. The van der Waals surface area contributed by atoms with Crippen molar-refractivity contribution < 1.29 is 9.53 Å². The Morgan fingerprint density at radius 1 is 1.44 bits per heavy atom. The van der Waals surface area contributed by atoms with Gasteiger partial charge in [-0.05, 0) is 30.2 Å². The molecule has 0 saturated heterocycles. The molecule has 0 saturated carbocycles. The molecule has 0 aliphatic rings. The summed E-state index contributed by atoms with van der Waals surface area (Å²) in [6, 6.07) is 5.93. The van der Waals surface area contributed by atoms with Crippen molar-refractivity contribution in [3.05, 3.63) is 30.0 Å². The summed E-state index contributed by atoms with van der Waals surface area (Å²) in [6.45, 7) is 2.18. The number of H-pyrrole nitrogens is 1. The summed E-state index contributed by atoms with van der Waals surface area (Å²) >= 11 is 0. The first-order valence-corrected chi connectivity index (χ1v) is 5.59. The molecular formula is C13H16N2O2Pb. The number of hydrogen-bond donors (Lipinski definition) is 2. The van der Waals surface area contributed by atoms with Crippen molar-refractivity contribution in [1.82, 2.24) is 10.3 Å². The van der Waals surface area contributed by atoms with E-state index >= 15 is 0 Å². The Morgan fingerprint density at radius 3 is 2.89 bits per heavy atom. The van der Waals surface area contributed by atoms with Gasteiger partial charge in [-0.1, -0.05) is 0 Å². The van der Waals surface area contributed by atoms with Gasteiger partial charge in [-0.25, -0.2) is 0 Å². The second-order valence-electron chi connectivity index (χ2n) is 3.96. The van der Waals surface area contributed by atoms with Crippen LogP contribution in [-0.2, 0) is 11.2 Å². The van der Waals surface area contributed by atoms with Gasteiger partial charge in [0, 0.05) is 57.9 Å². The normalized spacial score (nSPS) is 9.89. The maximum Gasteiger partial charge on any atom is 0.216 e. The molecule has 0 fully saturated rings. The van der Waals surface area contributed by atoms with Crippen LogP contribution >= 0.6 is 0 Å². The molecule has 1 heterocycles. The Morgan fingerprint density at radius 2 is 2.22 bits per heavy atom. The minimum Gasteiger partial charge on any atom is -0.497 e. The second kappa shape index (κ2) is 6.77. The van der Waals surface area contributed by atoms with Crippen LogP contribution in [0.2, 0.25) is 0 Å². The van der Waals surface area contributed by atoms with E-state index in [2.05, 4.69) is 10.3 Å². The Bertz CT molecular complexity index is 537. The molecule has 2 N–H and O–H groups in total. The van der Waals surface area contributed by atoms with E-state index in [0.717, 1.165) is 23.1 Å². The summed E-state index contributed by atoms with van der Waals surface area (Å²) in [7, 11) is 1.66. The summed E-state index contributed by atoms with van der Waals surface area (Å²) < 4.78 is 5.21. The quantitative estimate of drug-likeness (QED) is 0.710. The topological polar surface area (TPSA) is 54.1 Å². The number of aromatic nitrogens is 1. The Kier molecular flexibility index (Phi) is 5.65. The van der Waals surface area contributed by atoms with Crippen LogP contribution < -0.4 is 10.1 Å². The van der Waals surface area contributed by atoms with Crippen LogP contribution in [0.1, 0.15) is 12.5 Å². The predicted molar refractivity (Wildman–Crippen MR) is 73.0 cm³/mol. The first kappa shape index (κ1) is 15.0. The minimum atomic E-state index is 0. The zero-order valence-electron chi connectivity index (χ0n) is 10.5. The van der Waals surface area contributed by atoms with E-state index in [9.17, 15) is 4.79 Å². The predicted octanol–water partition coefficient (Wildman–Crippen LogP) is 1.47. The van der Waals surface area contributed by atoms with E-state index in [1.165, 1.54) is 12.5 Å². The molecule has 0 aliphatic heterocycles. The van der Waals surface area contributed by atoms with Crippen molar-refractivity contribution in [2.24, 2.45) is 0 Å². The number of nitrogens with one attached hydrogen (secondary N) is 2. The van der Waals surface area contributed by atoms with Gasteiger partial charge >= 0.3 is 0 Å². The molecule has 0 aliphatic carbocycles. The van der Waals surface area contributed by atoms with Crippen LogP contribution in [0.25, 0.3) is 10.9 Å². The van der Waals surface area contributed by atoms with Gasteiger partial charge in [0.25, 0.3) is 0 Å². The molecule has 1 aromatic heterocycles. The molecule has 4 radical (unpaired) electrons. The fourth-order valence-electron chi connectivity index (χ4n) is 1.86. The van der Waals surface area contributed by atoms with Crippen molar-refractivity contribution in [1.29, 1.82) is 0 Å². The zero-order valence-corrected chi connectivity index (χ0v) is 14.4. The van der Waals surface area contributed by atoms with Gasteiger partial charge in [0.05, 0.1) is 7.11 Å². The first-order valence-electron chi connectivity index (χ1n) is 5.59. The molecule has 1 aromatic carbocycles. The van der Waals surface area contributed by atoms with Gasteiger partial charge in [0.2, 0.25) is 5.91 Å². The summed E-state index contributed by atoms with van der Waals surface area (Å²) in [5.41, 5.74) is 2.27. The largest absolute Gasteiger partial charge is 0.497 e. The maximum absolute atomic E-state index is 10.8. The van der Waals surface area contributed by atoms with Gasteiger partial charge in [0.1, 0.15) is 5.75 Å².